The molecule has 0 saturated heterocycles. The van der Waals surface area contributed by atoms with E-state index in [1.807, 2.05) is 6.92 Å². The summed E-state index contributed by atoms with van der Waals surface area (Å²) in [5.41, 5.74) is 4.40. The average Bonchev–Trinajstić information content (AvgIpc) is 3.00. The normalized spacial score (nSPS) is 11.2. The van der Waals surface area contributed by atoms with Gasteiger partial charge in [0, 0.05) is 0 Å². The number of aliphatic carboxylic acids is 1. The predicted octanol–water partition coefficient (Wildman–Crippen LogP) is 1.26. The molecule has 2 rings (SSSR count). The third-order valence-electron chi connectivity index (χ3n) is 3.27. The van der Waals surface area contributed by atoms with E-state index in [1.54, 1.807) is 37.3 Å². The van der Waals surface area contributed by atoms with Crippen molar-refractivity contribution >= 4 is 17.6 Å². The quantitative estimate of drug-likeness (QED) is 0.608. The van der Waals surface area contributed by atoms with E-state index in [4.69, 9.17) is 9.15 Å². The minimum Gasteiger partial charge on any atom is -0.546 e. The van der Waals surface area contributed by atoms with E-state index in [9.17, 15) is 14.7 Å². The number of hydrogen-bond acceptors (Lipinski definition) is 6. The summed E-state index contributed by atoms with van der Waals surface area (Å²) >= 11 is 0. The largest absolute Gasteiger partial charge is 0.546 e. The van der Waals surface area contributed by atoms with Crippen LogP contribution in [0.4, 0.5) is 0 Å². The third kappa shape index (κ3) is 4.45. The summed E-state index contributed by atoms with van der Waals surface area (Å²) in [4.78, 5) is 22.4. The van der Waals surface area contributed by atoms with Crippen molar-refractivity contribution in [2.45, 2.75) is 20.3 Å². The Morgan fingerprint density at radius 2 is 1.96 bits per heavy atom. The van der Waals surface area contributed by atoms with Gasteiger partial charge >= 0.3 is 0 Å². The number of furan rings is 1. The number of aryl methyl sites for hydroxylation is 1. The molecule has 0 aliphatic heterocycles. The van der Waals surface area contributed by atoms with Crippen molar-refractivity contribution in [2.75, 3.05) is 6.61 Å². The van der Waals surface area contributed by atoms with Crippen LogP contribution in [0.3, 0.4) is 0 Å². The van der Waals surface area contributed by atoms with Gasteiger partial charge in [-0.3, -0.25) is 4.79 Å². The Labute approximate surface area is 138 Å². The van der Waals surface area contributed by atoms with Gasteiger partial charge < -0.3 is 19.1 Å². The lowest BCUT2D eigenvalue weighted by Crippen LogP contribution is -2.28. The molecule has 0 bridgehead atoms. The highest BCUT2D eigenvalue weighted by molar-refractivity contribution is 6.02. The number of carbonyl (C=O) groups excluding carboxylic acids is 2. The molecule has 1 heterocycles. The molecule has 1 aromatic carbocycles. The molecular weight excluding hydrogens is 312 g/mol. The molecule has 0 aliphatic rings. The Bertz CT molecular complexity index is 747. The molecule has 7 heteroatoms. The van der Waals surface area contributed by atoms with E-state index in [0.29, 0.717) is 29.2 Å². The summed E-state index contributed by atoms with van der Waals surface area (Å²) in [5.74, 6) is -0.695. The SMILES string of the molecule is CC/C(=N/NC(=O)c1ccoc1C)c1ccc(OCC(=O)[O-])cc1. The van der Waals surface area contributed by atoms with Gasteiger partial charge in [0.05, 0.1) is 23.5 Å². The highest BCUT2D eigenvalue weighted by Crippen LogP contribution is 2.14. The first kappa shape index (κ1) is 17.3. The van der Waals surface area contributed by atoms with E-state index in [2.05, 4.69) is 10.5 Å². The summed E-state index contributed by atoms with van der Waals surface area (Å²) in [6.45, 7) is 3.10. The van der Waals surface area contributed by atoms with Crippen molar-refractivity contribution < 1.29 is 23.8 Å². The van der Waals surface area contributed by atoms with Crippen molar-refractivity contribution in [1.29, 1.82) is 0 Å². The maximum atomic E-state index is 12.0. The van der Waals surface area contributed by atoms with Crippen LogP contribution in [0.2, 0.25) is 0 Å². The number of hydrazone groups is 1. The fourth-order valence-electron chi connectivity index (χ4n) is 2.03. The van der Waals surface area contributed by atoms with Gasteiger partial charge in [0.25, 0.3) is 5.91 Å². The minimum atomic E-state index is -1.29. The first-order chi connectivity index (χ1) is 11.5. The summed E-state index contributed by atoms with van der Waals surface area (Å²) < 4.78 is 10.1. The topological polar surface area (TPSA) is 104 Å². The lowest BCUT2D eigenvalue weighted by molar-refractivity contribution is -0.307. The van der Waals surface area contributed by atoms with Gasteiger partial charge in [-0.05, 0) is 49.2 Å². The third-order valence-corrected chi connectivity index (χ3v) is 3.27. The van der Waals surface area contributed by atoms with Crippen LogP contribution in [0.5, 0.6) is 5.75 Å². The molecule has 0 saturated carbocycles. The number of amides is 1. The Hall–Kier alpha value is -3.09. The van der Waals surface area contributed by atoms with Crippen LogP contribution in [0, 0.1) is 6.92 Å². The zero-order valence-corrected chi connectivity index (χ0v) is 13.4. The average molecular weight is 329 g/mol. The second-order valence-corrected chi connectivity index (χ2v) is 4.93. The number of hydrogen-bond donors (Lipinski definition) is 1. The lowest BCUT2D eigenvalue weighted by Gasteiger charge is -2.08. The van der Waals surface area contributed by atoms with Crippen molar-refractivity contribution in [2.24, 2.45) is 5.10 Å². The molecule has 0 aliphatic carbocycles. The van der Waals surface area contributed by atoms with Crippen molar-refractivity contribution in [3.63, 3.8) is 0 Å². The van der Waals surface area contributed by atoms with E-state index < -0.39 is 12.6 Å². The fourth-order valence-corrected chi connectivity index (χ4v) is 2.03. The smallest absolute Gasteiger partial charge is 0.274 e. The van der Waals surface area contributed by atoms with Gasteiger partial charge in [-0.25, -0.2) is 5.43 Å². The number of carbonyl (C=O) groups is 2. The molecule has 0 atom stereocenters. The maximum Gasteiger partial charge on any atom is 0.274 e. The Kier molecular flexibility index (Phi) is 5.73. The highest BCUT2D eigenvalue weighted by atomic mass is 16.5. The number of carboxylic acid groups (broad SMARTS) is 1. The van der Waals surface area contributed by atoms with Gasteiger partial charge in [0.2, 0.25) is 0 Å². The predicted molar refractivity (Wildman–Crippen MR) is 84.7 cm³/mol. The zero-order valence-electron chi connectivity index (χ0n) is 13.4. The first-order valence-corrected chi connectivity index (χ1v) is 7.35. The van der Waals surface area contributed by atoms with E-state index in [0.717, 1.165) is 5.56 Å². The first-order valence-electron chi connectivity index (χ1n) is 7.35. The van der Waals surface area contributed by atoms with Gasteiger partial charge in [0.1, 0.15) is 18.1 Å². The second-order valence-electron chi connectivity index (χ2n) is 4.93. The fraction of sp³-hybridized carbons (Fsp3) is 0.235. The van der Waals surface area contributed by atoms with Gasteiger partial charge in [-0.1, -0.05) is 6.92 Å². The molecular formula is C17H17N2O5-. The van der Waals surface area contributed by atoms with E-state index in [-0.39, 0.29) is 5.91 Å². The van der Waals surface area contributed by atoms with Crippen LogP contribution in [-0.2, 0) is 4.79 Å². The van der Waals surface area contributed by atoms with E-state index in [1.165, 1.54) is 6.26 Å². The van der Waals surface area contributed by atoms with Crippen LogP contribution in [0.1, 0.15) is 35.0 Å². The van der Waals surface area contributed by atoms with Crippen molar-refractivity contribution in [3.05, 3.63) is 53.5 Å². The molecule has 7 nitrogen and oxygen atoms in total. The summed E-state index contributed by atoms with van der Waals surface area (Å²) in [6.07, 6.45) is 2.05. The maximum absolute atomic E-state index is 12.0. The van der Waals surface area contributed by atoms with Gasteiger partial charge in [-0.2, -0.15) is 5.10 Å². The Morgan fingerprint density at radius 3 is 2.50 bits per heavy atom. The molecule has 126 valence electrons. The van der Waals surface area contributed by atoms with Crippen molar-refractivity contribution in [1.82, 2.24) is 5.43 Å². The van der Waals surface area contributed by atoms with Crippen LogP contribution in [-0.4, -0.2) is 24.2 Å². The molecule has 1 amide bonds. The van der Waals surface area contributed by atoms with Gasteiger partial charge in [-0.15, -0.1) is 0 Å². The number of rotatable bonds is 7. The van der Waals surface area contributed by atoms with Crippen molar-refractivity contribution in [3.8, 4) is 5.75 Å². The molecule has 0 spiro atoms. The number of nitrogens with one attached hydrogen (secondary N) is 1. The zero-order chi connectivity index (χ0) is 17.5. The van der Waals surface area contributed by atoms with Crippen LogP contribution in [0.15, 0.2) is 46.1 Å². The molecule has 0 fully saturated rings. The Balaban J connectivity index is 2.06. The minimum absolute atomic E-state index is 0.346. The van der Waals surface area contributed by atoms with E-state index >= 15 is 0 Å². The lowest BCUT2D eigenvalue weighted by atomic mass is 10.1. The van der Waals surface area contributed by atoms with Crippen LogP contribution >= 0.6 is 0 Å². The van der Waals surface area contributed by atoms with Crippen LogP contribution in [0.25, 0.3) is 0 Å². The number of carboxylic acids is 1. The summed E-state index contributed by atoms with van der Waals surface area (Å²) in [6, 6.07) is 8.32. The number of ether oxygens (including phenoxy) is 1. The Morgan fingerprint density at radius 1 is 1.25 bits per heavy atom. The molecule has 2 aromatic rings. The molecule has 1 aromatic heterocycles. The molecule has 0 radical (unpaired) electrons. The summed E-state index contributed by atoms with van der Waals surface area (Å²) in [7, 11) is 0. The standard InChI is InChI=1S/C17H18N2O5/c1-3-15(18-19-17(22)14-8-9-23-11(14)2)12-4-6-13(7-5-12)24-10-16(20)21/h4-9H,3,10H2,1-2H3,(H,19,22)(H,20,21)/p-1/b18-15-. The highest BCUT2D eigenvalue weighted by Gasteiger charge is 2.11. The number of nitrogens with zero attached hydrogens (tertiary/aromatic N) is 1. The summed E-state index contributed by atoms with van der Waals surface area (Å²) in [5, 5.41) is 14.5. The number of benzene rings is 1. The molecule has 0 unspecified atom stereocenters. The van der Waals surface area contributed by atoms with Crippen LogP contribution < -0.4 is 15.3 Å². The van der Waals surface area contributed by atoms with Gasteiger partial charge in [0.15, 0.2) is 0 Å². The second kappa shape index (κ2) is 7.96. The molecule has 24 heavy (non-hydrogen) atoms. The molecule has 1 N–H and O–H groups in total. The monoisotopic (exact) mass is 329 g/mol.